The van der Waals surface area contributed by atoms with E-state index in [-0.39, 0.29) is 17.8 Å². The van der Waals surface area contributed by atoms with Crippen LogP contribution in [0.5, 0.6) is 0 Å². The summed E-state index contributed by atoms with van der Waals surface area (Å²) in [6, 6.07) is 8.57. The second-order valence-electron chi connectivity index (χ2n) is 4.33. The Bertz CT molecular complexity index is 504. The molecule has 3 heteroatoms. The fourth-order valence-corrected chi connectivity index (χ4v) is 1.89. The first-order chi connectivity index (χ1) is 8.57. The lowest BCUT2D eigenvalue weighted by Crippen LogP contribution is -2.33. The van der Waals surface area contributed by atoms with E-state index in [1.807, 2.05) is 0 Å². The number of carbonyl (C=O) groups excluding carboxylic acids is 1. The predicted octanol–water partition coefficient (Wildman–Crippen LogP) is 3.82. The summed E-state index contributed by atoms with van der Waals surface area (Å²) in [4.78, 5) is 12.0. The SMILES string of the molecule is CCC1(F)C=CC(C(=O)c2ccccc2)=CC1F. The van der Waals surface area contributed by atoms with Crippen LogP contribution in [0.15, 0.2) is 54.1 Å². The zero-order chi connectivity index (χ0) is 13.2. The third kappa shape index (κ3) is 2.26. The highest BCUT2D eigenvalue weighted by Crippen LogP contribution is 2.31. The maximum Gasteiger partial charge on any atom is 0.192 e. The summed E-state index contributed by atoms with van der Waals surface area (Å²) in [5.41, 5.74) is -1.31. The highest BCUT2D eigenvalue weighted by molar-refractivity contribution is 6.10. The van der Waals surface area contributed by atoms with Crippen LogP contribution < -0.4 is 0 Å². The summed E-state index contributed by atoms with van der Waals surface area (Å²) in [7, 11) is 0. The molecule has 2 atom stereocenters. The van der Waals surface area contributed by atoms with Crippen LogP contribution in [0.1, 0.15) is 23.7 Å². The van der Waals surface area contributed by atoms with E-state index in [9.17, 15) is 13.6 Å². The van der Waals surface area contributed by atoms with E-state index in [1.165, 1.54) is 6.08 Å². The van der Waals surface area contributed by atoms with Gasteiger partial charge in [0.15, 0.2) is 17.6 Å². The Morgan fingerprint density at radius 2 is 2.00 bits per heavy atom. The Labute approximate surface area is 105 Å². The van der Waals surface area contributed by atoms with Crippen LogP contribution in [0.4, 0.5) is 8.78 Å². The monoisotopic (exact) mass is 248 g/mol. The average Bonchev–Trinajstić information content (AvgIpc) is 2.42. The first-order valence-electron chi connectivity index (χ1n) is 5.90. The van der Waals surface area contributed by atoms with E-state index >= 15 is 0 Å². The van der Waals surface area contributed by atoms with E-state index in [4.69, 9.17) is 0 Å². The molecule has 1 aliphatic carbocycles. The van der Waals surface area contributed by atoms with Crippen molar-refractivity contribution in [2.45, 2.75) is 25.2 Å². The fraction of sp³-hybridized carbons (Fsp3) is 0.267. The van der Waals surface area contributed by atoms with Crippen LogP contribution in [0, 0.1) is 0 Å². The number of halogens is 2. The highest BCUT2D eigenvalue weighted by Gasteiger charge is 2.37. The van der Waals surface area contributed by atoms with Crippen molar-refractivity contribution in [3.63, 3.8) is 0 Å². The second kappa shape index (κ2) is 4.84. The molecule has 2 unspecified atom stereocenters. The lowest BCUT2D eigenvalue weighted by atomic mass is 9.87. The summed E-state index contributed by atoms with van der Waals surface area (Å²) in [5, 5.41) is 0. The molecule has 0 fully saturated rings. The standard InChI is InChI=1S/C15H14F2O/c1-2-15(17)9-8-12(10-13(15)16)14(18)11-6-4-3-5-7-11/h3-10,13H,2H2,1H3. The first kappa shape index (κ1) is 12.7. The quantitative estimate of drug-likeness (QED) is 0.743. The molecule has 1 aliphatic rings. The number of carbonyl (C=O) groups is 1. The number of alkyl halides is 2. The lowest BCUT2D eigenvalue weighted by molar-refractivity contribution is 0.101. The molecule has 0 saturated heterocycles. The highest BCUT2D eigenvalue weighted by atomic mass is 19.2. The number of benzene rings is 1. The third-order valence-electron chi connectivity index (χ3n) is 3.16. The second-order valence-corrected chi connectivity index (χ2v) is 4.33. The van der Waals surface area contributed by atoms with Gasteiger partial charge in [0.2, 0.25) is 0 Å². The summed E-state index contributed by atoms with van der Waals surface area (Å²) < 4.78 is 27.6. The Hall–Kier alpha value is -1.77. The van der Waals surface area contributed by atoms with Crippen LogP contribution in [-0.4, -0.2) is 17.6 Å². The lowest BCUT2D eigenvalue weighted by Gasteiger charge is -2.25. The van der Waals surface area contributed by atoms with Gasteiger partial charge in [-0.15, -0.1) is 0 Å². The zero-order valence-electron chi connectivity index (χ0n) is 10.1. The Balaban J connectivity index is 2.25. The molecule has 1 aromatic carbocycles. The Kier molecular flexibility index (Phi) is 3.41. The van der Waals surface area contributed by atoms with Gasteiger partial charge in [0.05, 0.1) is 0 Å². The van der Waals surface area contributed by atoms with Crippen molar-refractivity contribution in [1.82, 2.24) is 0 Å². The van der Waals surface area contributed by atoms with Crippen molar-refractivity contribution in [3.8, 4) is 0 Å². The number of allylic oxidation sites excluding steroid dienone is 4. The molecule has 0 radical (unpaired) electrons. The number of hydrogen-bond donors (Lipinski definition) is 0. The summed E-state index contributed by atoms with van der Waals surface area (Å²) >= 11 is 0. The molecule has 0 bridgehead atoms. The van der Waals surface area contributed by atoms with Gasteiger partial charge in [-0.1, -0.05) is 43.3 Å². The molecule has 0 N–H and O–H groups in total. The van der Waals surface area contributed by atoms with Crippen LogP contribution in [-0.2, 0) is 0 Å². The van der Waals surface area contributed by atoms with Crippen LogP contribution in [0.3, 0.4) is 0 Å². The predicted molar refractivity (Wildman–Crippen MR) is 67.0 cm³/mol. The van der Waals surface area contributed by atoms with E-state index in [1.54, 1.807) is 37.3 Å². The maximum absolute atomic E-state index is 13.9. The van der Waals surface area contributed by atoms with Gasteiger partial charge in [0, 0.05) is 11.1 Å². The number of Topliss-reactive ketones (excluding diaryl/α,β-unsaturated/α-hetero) is 1. The van der Waals surface area contributed by atoms with Gasteiger partial charge in [-0.3, -0.25) is 4.79 Å². The molecule has 0 saturated carbocycles. The van der Waals surface area contributed by atoms with Crippen LogP contribution >= 0.6 is 0 Å². The number of ketones is 1. The molecule has 94 valence electrons. The van der Waals surface area contributed by atoms with Crippen molar-refractivity contribution in [3.05, 3.63) is 59.7 Å². The molecule has 0 spiro atoms. The van der Waals surface area contributed by atoms with Gasteiger partial charge in [-0.2, -0.15) is 0 Å². The number of hydrogen-bond acceptors (Lipinski definition) is 1. The minimum Gasteiger partial charge on any atom is -0.289 e. The van der Waals surface area contributed by atoms with Crippen molar-refractivity contribution >= 4 is 5.78 Å². The molecule has 1 nitrogen and oxygen atoms in total. The van der Waals surface area contributed by atoms with E-state index < -0.39 is 11.8 Å². The molecule has 18 heavy (non-hydrogen) atoms. The maximum atomic E-state index is 13.9. The average molecular weight is 248 g/mol. The van der Waals surface area contributed by atoms with Gasteiger partial charge in [-0.25, -0.2) is 8.78 Å². The molecule has 0 heterocycles. The summed E-state index contributed by atoms with van der Waals surface area (Å²) in [5.74, 6) is -0.285. The molecule has 0 amide bonds. The van der Waals surface area contributed by atoms with Gasteiger partial charge >= 0.3 is 0 Å². The summed E-state index contributed by atoms with van der Waals surface area (Å²) in [6.07, 6.45) is 1.87. The Morgan fingerprint density at radius 3 is 2.56 bits per heavy atom. The molecule has 0 aromatic heterocycles. The van der Waals surface area contributed by atoms with Gasteiger partial charge < -0.3 is 0 Å². The molecule has 0 aliphatic heterocycles. The molecule has 1 aromatic rings. The molecular formula is C15H14F2O. The topological polar surface area (TPSA) is 17.1 Å². The van der Waals surface area contributed by atoms with Crippen molar-refractivity contribution in [2.24, 2.45) is 0 Å². The van der Waals surface area contributed by atoms with Gasteiger partial charge in [0.1, 0.15) is 0 Å². The van der Waals surface area contributed by atoms with E-state index in [0.29, 0.717) is 5.56 Å². The minimum atomic E-state index is -1.99. The Morgan fingerprint density at radius 1 is 1.33 bits per heavy atom. The molecule has 2 rings (SSSR count). The number of rotatable bonds is 3. The van der Waals surface area contributed by atoms with Crippen LogP contribution in [0.25, 0.3) is 0 Å². The minimum absolute atomic E-state index is 0.0496. The van der Waals surface area contributed by atoms with Crippen molar-refractivity contribution in [1.29, 1.82) is 0 Å². The van der Waals surface area contributed by atoms with Gasteiger partial charge in [-0.05, 0) is 18.6 Å². The molecular weight excluding hydrogens is 234 g/mol. The third-order valence-corrected chi connectivity index (χ3v) is 3.16. The zero-order valence-corrected chi connectivity index (χ0v) is 10.1. The van der Waals surface area contributed by atoms with E-state index in [0.717, 1.165) is 12.2 Å². The van der Waals surface area contributed by atoms with Gasteiger partial charge in [0.25, 0.3) is 0 Å². The van der Waals surface area contributed by atoms with Crippen molar-refractivity contribution in [2.75, 3.05) is 0 Å². The normalized spacial score (nSPS) is 26.8. The largest absolute Gasteiger partial charge is 0.289 e. The first-order valence-corrected chi connectivity index (χ1v) is 5.90. The smallest absolute Gasteiger partial charge is 0.192 e. The fourth-order valence-electron chi connectivity index (χ4n) is 1.89. The summed E-state index contributed by atoms with van der Waals surface area (Å²) in [6.45, 7) is 1.58. The van der Waals surface area contributed by atoms with Crippen molar-refractivity contribution < 1.29 is 13.6 Å². The van der Waals surface area contributed by atoms with E-state index in [2.05, 4.69) is 0 Å². The van der Waals surface area contributed by atoms with Crippen LogP contribution in [0.2, 0.25) is 0 Å².